The van der Waals surface area contributed by atoms with Gasteiger partial charge in [0, 0.05) is 13.1 Å². The number of rotatable bonds is 7. The Morgan fingerprint density at radius 2 is 1.88 bits per heavy atom. The SMILES string of the molecule is CCNCC1CCN(C(=O)COc2ccc(C3SCCCS3)cc2)CC1. The topological polar surface area (TPSA) is 41.6 Å². The standard InChI is InChI=1S/C20H30N2O2S2/c1-2-21-14-16-8-10-22(11-9-16)19(23)15-24-18-6-4-17(5-7-18)20-25-12-3-13-26-20/h4-7,16,20-21H,2-3,8-15H2,1H3. The Labute approximate surface area is 165 Å². The lowest BCUT2D eigenvalue weighted by molar-refractivity contribution is -0.134. The lowest BCUT2D eigenvalue weighted by atomic mass is 9.97. The first-order valence-electron chi connectivity index (χ1n) is 9.70. The van der Waals surface area contributed by atoms with Crippen LogP contribution in [0.3, 0.4) is 0 Å². The summed E-state index contributed by atoms with van der Waals surface area (Å²) in [6.45, 7) is 6.07. The normalized spacial score (nSPS) is 19.5. The van der Waals surface area contributed by atoms with Gasteiger partial charge in [-0.25, -0.2) is 0 Å². The molecule has 1 amide bonds. The molecule has 1 aromatic rings. The van der Waals surface area contributed by atoms with Crippen LogP contribution in [0.2, 0.25) is 0 Å². The zero-order chi connectivity index (χ0) is 18.2. The average Bonchev–Trinajstić information content (AvgIpc) is 2.72. The molecule has 2 saturated heterocycles. The minimum absolute atomic E-state index is 0.106. The summed E-state index contributed by atoms with van der Waals surface area (Å²) in [5.41, 5.74) is 1.35. The molecule has 1 N–H and O–H groups in total. The summed E-state index contributed by atoms with van der Waals surface area (Å²) < 4.78 is 6.28. The number of carbonyl (C=O) groups is 1. The van der Waals surface area contributed by atoms with E-state index in [2.05, 4.69) is 24.4 Å². The van der Waals surface area contributed by atoms with Crippen LogP contribution in [0.1, 0.15) is 36.3 Å². The van der Waals surface area contributed by atoms with E-state index >= 15 is 0 Å². The average molecular weight is 395 g/mol. The molecule has 2 aliphatic heterocycles. The summed E-state index contributed by atoms with van der Waals surface area (Å²) in [5, 5.41) is 3.41. The van der Waals surface area contributed by atoms with Crippen molar-refractivity contribution in [3.8, 4) is 5.75 Å². The van der Waals surface area contributed by atoms with Crippen molar-refractivity contribution >= 4 is 29.4 Å². The van der Waals surface area contributed by atoms with Crippen molar-refractivity contribution in [2.75, 3.05) is 44.3 Å². The highest BCUT2D eigenvalue weighted by atomic mass is 32.2. The Bertz CT molecular complexity index is 553. The molecule has 0 aromatic heterocycles. The quantitative estimate of drug-likeness (QED) is 0.762. The number of carbonyl (C=O) groups excluding carboxylic acids is 1. The third-order valence-electron chi connectivity index (χ3n) is 4.99. The molecular weight excluding hydrogens is 364 g/mol. The molecule has 4 nitrogen and oxygen atoms in total. The Morgan fingerprint density at radius 3 is 2.54 bits per heavy atom. The predicted molar refractivity (Wildman–Crippen MR) is 112 cm³/mol. The van der Waals surface area contributed by atoms with Crippen LogP contribution in [-0.2, 0) is 4.79 Å². The van der Waals surface area contributed by atoms with Crippen LogP contribution < -0.4 is 10.1 Å². The number of amides is 1. The fourth-order valence-corrected chi connectivity index (χ4v) is 6.27. The van der Waals surface area contributed by atoms with Gasteiger partial charge in [0.1, 0.15) is 5.75 Å². The van der Waals surface area contributed by atoms with Crippen molar-refractivity contribution in [1.82, 2.24) is 10.2 Å². The van der Waals surface area contributed by atoms with Gasteiger partial charge >= 0.3 is 0 Å². The third kappa shape index (κ3) is 5.83. The van der Waals surface area contributed by atoms with Gasteiger partial charge in [0.05, 0.1) is 4.58 Å². The molecular formula is C20H30N2O2S2. The van der Waals surface area contributed by atoms with Crippen LogP contribution in [0.15, 0.2) is 24.3 Å². The minimum Gasteiger partial charge on any atom is -0.484 e. The van der Waals surface area contributed by atoms with Gasteiger partial charge in [-0.3, -0.25) is 4.79 Å². The summed E-state index contributed by atoms with van der Waals surface area (Å²) in [5.74, 6) is 4.08. The van der Waals surface area contributed by atoms with E-state index in [9.17, 15) is 4.79 Å². The van der Waals surface area contributed by atoms with Gasteiger partial charge in [-0.15, -0.1) is 23.5 Å². The van der Waals surface area contributed by atoms with E-state index in [1.165, 1.54) is 23.5 Å². The largest absolute Gasteiger partial charge is 0.484 e. The van der Waals surface area contributed by atoms with Crippen molar-refractivity contribution in [1.29, 1.82) is 0 Å². The predicted octanol–water partition coefficient (Wildman–Crippen LogP) is 3.78. The van der Waals surface area contributed by atoms with Crippen molar-refractivity contribution in [2.24, 2.45) is 5.92 Å². The molecule has 1 aromatic carbocycles. The van der Waals surface area contributed by atoms with Crippen LogP contribution in [-0.4, -0.2) is 55.1 Å². The van der Waals surface area contributed by atoms with Crippen LogP contribution in [0.4, 0.5) is 0 Å². The van der Waals surface area contributed by atoms with Gasteiger partial charge in [-0.2, -0.15) is 0 Å². The van der Waals surface area contributed by atoms with E-state index in [-0.39, 0.29) is 12.5 Å². The number of likely N-dealkylation sites (tertiary alicyclic amines) is 1. The van der Waals surface area contributed by atoms with Crippen molar-refractivity contribution < 1.29 is 9.53 Å². The maximum atomic E-state index is 12.4. The Balaban J connectivity index is 1.40. The third-order valence-corrected chi connectivity index (χ3v) is 8.01. The van der Waals surface area contributed by atoms with E-state index < -0.39 is 0 Å². The number of benzene rings is 1. The molecule has 144 valence electrons. The van der Waals surface area contributed by atoms with Gasteiger partial charge in [-0.05, 0) is 67.5 Å². The molecule has 0 bridgehead atoms. The van der Waals surface area contributed by atoms with Gasteiger partial charge in [0.2, 0.25) is 0 Å². The Kier molecular flexibility index (Phi) is 8.02. The minimum atomic E-state index is 0.106. The molecule has 0 saturated carbocycles. The molecule has 0 aliphatic carbocycles. The van der Waals surface area contributed by atoms with Crippen LogP contribution >= 0.6 is 23.5 Å². The lowest BCUT2D eigenvalue weighted by Crippen LogP contribution is -2.42. The molecule has 26 heavy (non-hydrogen) atoms. The Hall–Kier alpha value is -0.850. The van der Waals surface area contributed by atoms with E-state index in [0.29, 0.717) is 10.5 Å². The second kappa shape index (κ2) is 10.5. The second-order valence-corrected chi connectivity index (χ2v) is 9.64. The first-order chi connectivity index (χ1) is 12.8. The van der Waals surface area contributed by atoms with E-state index in [0.717, 1.165) is 44.8 Å². The van der Waals surface area contributed by atoms with Crippen molar-refractivity contribution in [3.63, 3.8) is 0 Å². The van der Waals surface area contributed by atoms with Crippen molar-refractivity contribution in [2.45, 2.75) is 30.8 Å². The summed E-state index contributed by atoms with van der Waals surface area (Å²) in [4.78, 5) is 14.3. The highest BCUT2D eigenvalue weighted by Gasteiger charge is 2.22. The van der Waals surface area contributed by atoms with Gasteiger partial charge in [0.15, 0.2) is 6.61 Å². The molecule has 0 radical (unpaired) electrons. The zero-order valence-electron chi connectivity index (χ0n) is 15.6. The summed E-state index contributed by atoms with van der Waals surface area (Å²) >= 11 is 4.04. The maximum Gasteiger partial charge on any atom is 0.260 e. The zero-order valence-corrected chi connectivity index (χ0v) is 17.2. The molecule has 2 fully saturated rings. The summed E-state index contributed by atoms with van der Waals surface area (Å²) in [6, 6.07) is 8.28. The lowest BCUT2D eigenvalue weighted by Gasteiger charge is -2.32. The molecule has 6 heteroatoms. The number of hydrogen-bond donors (Lipinski definition) is 1. The number of piperidine rings is 1. The first-order valence-corrected chi connectivity index (χ1v) is 11.8. The molecule has 2 aliphatic rings. The van der Waals surface area contributed by atoms with Crippen LogP contribution in [0, 0.1) is 5.92 Å². The van der Waals surface area contributed by atoms with Gasteiger partial charge in [0.25, 0.3) is 5.91 Å². The monoisotopic (exact) mass is 394 g/mol. The molecule has 0 atom stereocenters. The number of nitrogens with zero attached hydrogens (tertiary/aromatic N) is 1. The van der Waals surface area contributed by atoms with Crippen molar-refractivity contribution in [3.05, 3.63) is 29.8 Å². The fraction of sp³-hybridized carbons (Fsp3) is 0.650. The van der Waals surface area contributed by atoms with Gasteiger partial charge in [-0.1, -0.05) is 19.1 Å². The summed E-state index contributed by atoms with van der Waals surface area (Å²) in [6.07, 6.45) is 3.48. The number of hydrogen-bond acceptors (Lipinski definition) is 5. The molecule has 3 rings (SSSR count). The fourth-order valence-electron chi connectivity index (χ4n) is 3.37. The number of thioether (sulfide) groups is 2. The number of nitrogens with one attached hydrogen (secondary N) is 1. The van der Waals surface area contributed by atoms with E-state index in [1.54, 1.807) is 0 Å². The van der Waals surface area contributed by atoms with Crippen LogP contribution in [0.25, 0.3) is 0 Å². The molecule has 0 unspecified atom stereocenters. The Morgan fingerprint density at radius 1 is 1.19 bits per heavy atom. The molecule has 2 heterocycles. The molecule has 0 spiro atoms. The second-order valence-electron chi connectivity index (χ2n) is 6.92. The van der Waals surface area contributed by atoms with Gasteiger partial charge < -0.3 is 15.0 Å². The van der Waals surface area contributed by atoms with E-state index in [4.69, 9.17) is 4.74 Å². The number of ether oxygens (including phenoxy) is 1. The highest BCUT2D eigenvalue weighted by Crippen LogP contribution is 2.43. The first kappa shape index (κ1) is 19.9. The van der Waals surface area contributed by atoms with E-state index in [1.807, 2.05) is 40.6 Å². The smallest absolute Gasteiger partial charge is 0.260 e. The van der Waals surface area contributed by atoms with Crippen LogP contribution in [0.5, 0.6) is 5.75 Å². The highest BCUT2D eigenvalue weighted by molar-refractivity contribution is 8.16. The maximum absolute atomic E-state index is 12.4. The summed E-state index contributed by atoms with van der Waals surface area (Å²) in [7, 11) is 0.